The molecule has 0 saturated heterocycles. The third kappa shape index (κ3) is 1.66. The molecule has 1 rings (SSSR count). The molecule has 0 aromatic heterocycles. The number of hydrogen-bond acceptors (Lipinski definition) is 3. The number of nitrogens with zero attached hydrogens (tertiary/aromatic N) is 1. The summed E-state index contributed by atoms with van der Waals surface area (Å²) in [5.74, 6) is -0.855. The van der Waals surface area contributed by atoms with Gasteiger partial charge in [-0.25, -0.2) is 4.39 Å². The number of benzene rings is 1. The van der Waals surface area contributed by atoms with Crippen LogP contribution in [0.3, 0.4) is 0 Å². The van der Waals surface area contributed by atoms with Gasteiger partial charge in [-0.1, -0.05) is 6.07 Å². The standard InChI is InChI=1S/C7H3FINO2/c8-6-4(7(9)11)2-1-3-5(6)10-12/h1-3H. The van der Waals surface area contributed by atoms with Crippen LogP contribution in [0.25, 0.3) is 0 Å². The molecule has 0 aliphatic rings. The lowest BCUT2D eigenvalue weighted by Gasteiger charge is -1.96. The third-order valence-corrected chi connectivity index (χ3v) is 1.87. The Morgan fingerprint density at radius 1 is 1.50 bits per heavy atom. The van der Waals surface area contributed by atoms with E-state index in [0.717, 1.165) is 0 Å². The Balaban J connectivity index is 3.32. The van der Waals surface area contributed by atoms with Crippen molar-refractivity contribution in [2.75, 3.05) is 0 Å². The lowest BCUT2D eigenvalue weighted by Crippen LogP contribution is -1.92. The molecule has 0 aliphatic heterocycles. The number of carbonyl (C=O) groups is 1. The predicted octanol–water partition coefficient (Wildman–Crippen LogP) is 2.80. The fourth-order valence-corrected chi connectivity index (χ4v) is 1.16. The minimum absolute atomic E-state index is 0.118. The van der Waals surface area contributed by atoms with E-state index in [1.165, 1.54) is 40.8 Å². The van der Waals surface area contributed by atoms with Gasteiger partial charge in [-0.15, -0.1) is 4.91 Å². The second-order valence-electron chi connectivity index (χ2n) is 2.00. The Labute approximate surface area is 81.1 Å². The van der Waals surface area contributed by atoms with E-state index in [4.69, 9.17) is 0 Å². The summed E-state index contributed by atoms with van der Waals surface area (Å²) in [5.41, 5.74) is -0.454. The molecular formula is C7H3FINO2. The van der Waals surface area contributed by atoms with Crippen LogP contribution < -0.4 is 0 Å². The van der Waals surface area contributed by atoms with Gasteiger partial charge in [0.15, 0.2) is 5.82 Å². The van der Waals surface area contributed by atoms with Crippen LogP contribution in [0.5, 0.6) is 0 Å². The average Bonchev–Trinajstić information content (AvgIpc) is 2.04. The molecule has 0 spiro atoms. The molecule has 62 valence electrons. The largest absolute Gasteiger partial charge is 0.282 e. The van der Waals surface area contributed by atoms with Crippen LogP contribution in [0.15, 0.2) is 23.4 Å². The van der Waals surface area contributed by atoms with Crippen LogP contribution >= 0.6 is 22.6 Å². The molecule has 1 aromatic carbocycles. The molecule has 0 N–H and O–H groups in total. The highest BCUT2D eigenvalue weighted by molar-refractivity contribution is 14.1. The van der Waals surface area contributed by atoms with Gasteiger partial charge in [-0.3, -0.25) is 4.79 Å². The molecule has 0 aliphatic carbocycles. The number of hydrogen-bond donors (Lipinski definition) is 0. The normalized spacial score (nSPS) is 9.50. The zero-order valence-electron chi connectivity index (χ0n) is 5.75. The van der Waals surface area contributed by atoms with Crippen molar-refractivity contribution in [1.82, 2.24) is 0 Å². The summed E-state index contributed by atoms with van der Waals surface area (Å²) in [4.78, 5) is 20.7. The first-order valence-electron chi connectivity index (χ1n) is 2.98. The zero-order valence-corrected chi connectivity index (χ0v) is 7.91. The van der Waals surface area contributed by atoms with Gasteiger partial charge in [0, 0.05) is 22.6 Å². The number of carbonyl (C=O) groups excluding carboxylic acids is 1. The van der Waals surface area contributed by atoms with Gasteiger partial charge in [-0.05, 0) is 17.3 Å². The average molecular weight is 279 g/mol. The van der Waals surface area contributed by atoms with Crippen LogP contribution in [0, 0.1) is 10.7 Å². The van der Waals surface area contributed by atoms with E-state index in [1.54, 1.807) is 0 Å². The van der Waals surface area contributed by atoms with Gasteiger partial charge in [0.1, 0.15) is 5.69 Å². The number of rotatable bonds is 2. The summed E-state index contributed by atoms with van der Waals surface area (Å²) >= 11 is 1.44. The zero-order chi connectivity index (χ0) is 9.14. The predicted molar refractivity (Wildman–Crippen MR) is 50.2 cm³/mol. The van der Waals surface area contributed by atoms with Crippen LogP contribution in [0.1, 0.15) is 10.4 Å². The van der Waals surface area contributed by atoms with Crippen molar-refractivity contribution in [1.29, 1.82) is 0 Å². The molecule has 0 bridgehead atoms. The van der Waals surface area contributed by atoms with Gasteiger partial charge in [-0.2, -0.15) is 0 Å². The summed E-state index contributed by atoms with van der Waals surface area (Å²) in [7, 11) is 0. The molecule has 1 aromatic rings. The first-order valence-corrected chi connectivity index (χ1v) is 4.06. The molecule has 3 nitrogen and oxygen atoms in total. The molecule has 12 heavy (non-hydrogen) atoms. The fourth-order valence-electron chi connectivity index (χ4n) is 0.742. The first-order chi connectivity index (χ1) is 5.66. The van der Waals surface area contributed by atoms with Crippen molar-refractivity contribution in [2.24, 2.45) is 5.18 Å². The van der Waals surface area contributed by atoms with Gasteiger partial charge in [0.25, 0.3) is 0 Å². The third-order valence-electron chi connectivity index (χ3n) is 1.29. The van der Waals surface area contributed by atoms with E-state index in [0.29, 0.717) is 0 Å². The molecule has 0 amide bonds. The molecule has 0 radical (unpaired) electrons. The number of halogens is 2. The van der Waals surface area contributed by atoms with Gasteiger partial charge < -0.3 is 0 Å². The summed E-state index contributed by atoms with van der Waals surface area (Å²) in [5, 5.41) is 2.43. The second kappa shape index (κ2) is 3.70. The molecule has 0 unspecified atom stereocenters. The smallest absolute Gasteiger partial charge is 0.225 e. The molecule has 0 fully saturated rings. The first kappa shape index (κ1) is 9.24. The van der Waals surface area contributed by atoms with E-state index in [9.17, 15) is 14.1 Å². The monoisotopic (exact) mass is 279 g/mol. The van der Waals surface area contributed by atoms with Crippen LogP contribution in [-0.4, -0.2) is 3.79 Å². The SMILES string of the molecule is O=Nc1cccc(C(=O)I)c1F. The van der Waals surface area contributed by atoms with E-state index < -0.39 is 9.61 Å². The quantitative estimate of drug-likeness (QED) is 0.474. The molecule has 0 saturated carbocycles. The topological polar surface area (TPSA) is 46.5 Å². The molecule has 5 heteroatoms. The lowest BCUT2D eigenvalue weighted by molar-refractivity contribution is 0.110. The van der Waals surface area contributed by atoms with Crippen molar-refractivity contribution >= 4 is 32.1 Å². The second-order valence-corrected chi connectivity index (χ2v) is 2.98. The Morgan fingerprint density at radius 3 is 2.67 bits per heavy atom. The Morgan fingerprint density at radius 2 is 2.17 bits per heavy atom. The summed E-state index contributed by atoms with van der Waals surface area (Å²) in [6, 6.07) is 3.93. The Bertz CT molecular complexity index is 340. The van der Waals surface area contributed by atoms with Crippen molar-refractivity contribution in [3.8, 4) is 0 Å². The van der Waals surface area contributed by atoms with Crippen molar-refractivity contribution < 1.29 is 9.18 Å². The van der Waals surface area contributed by atoms with Crippen molar-refractivity contribution in [2.45, 2.75) is 0 Å². The van der Waals surface area contributed by atoms with Gasteiger partial charge in [0.05, 0.1) is 5.56 Å². The Kier molecular flexibility index (Phi) is 2.85. The van der Waals surface area contributed by atoms with Crippen LogP contribution in [0.2, 0.25) is 0 Å². The van der Waals surface area contributed by atoms with Gasteiger partial charge in [0.2, 0.25) is 3.79 Å². The lowest BCUT2D eigenvalue weighted by atomic mass is 10.2. The molecule has 0 atom stereocenters. The summed E-state index contributed by atoms with van der Waals surface area (Å²) in [6.45, 7) is 0. The maximum atomic E-state index is 13.0. The minimum atomic E-state index is -0.855. The molecule has 0 heterocycles. The fraction of sp³-hybridized carbons (Fsp3) is 0. The minimum Gasteiger partial charge on any atom is -0.282 e. The number of nitroso groups, excluding NO2 is 1. The van der Waals surface area contributed by atoms with Crippen molar-refractivity contribution in [3.63, 3.8) is 0 Å². The highest BCUT2D eigenvalue weighted by atomic mass is 127. The molecular weight excluding hydrogens is 276 g/mol. The van der Waals surface area contributed by atoms with E-state index in [2.05, 4.69) is 5.18 Å². The van der Waals surface area contributed by atoms with E-state index in [1.807, 2.05) is 0 Å². The summed E-state index contributed by atoms with van der Waals surface area (Å²) < 4.78 is 12.6. The Hall–Kier alpha value is -0.850. The van der Waals surface area contributed by atoms with Crippen LogP contribution in [-0.2, 0) is 0 Å². The highest BCUT2D eigenvalue weighted by Gasteiger charge is 2.12. The van der Waals surface area contributed by atoms with Crippen LogP contribution in [0.4, 0.5) is 10.1 Å². The maximum absolute atomic E-state index is 13.0. The van der Waals surface area contributed by atoms with E-state index in [-0.39, 0.29) is 11.3 Å². The highest BCUT2D eigenvalue weighted by Crippen LogP contribution is 2.22. The van der Waals surface area contributed by atoms with Gasteiger partial charge >= 0.3 is 0 Å². The summed E-state index contributed by atoms with van der Waals surface area (Å²) in [6.07, 6.45) is 0. The van der Waals surface area contributed by atoms with Crippen molar-refractivity contribution in [3.05, 3.63) is 34.5 Å². The van der Waals surface area contributed by atoms with E-state index >= 15 is 0 Å². The maximum Gasteiger partial charge on any atom is 0.225 e.